The molecule has 3 aromatic rings. The summed E-state index contributed by atoms with van der Waals surface area (Å²) in [6, 6.07) is 8.63. The van der Waals surface area contributed by atoms with E-state index in [4.69, 9.17) is 15.4 Å². The summed E-state index contributed by atoms with van der Waals surface area (Å²) < 4.78 is 6.83. The monoisotopic (exact) mass is 341 g/mol. The van der Waals surface area contributed by atoms with Crippen molar-refractivity contribution in [3.8, 4) is 11.4 Å². The number of unbranched alkanes of at least 4 members (excludes halogenated alkanes) is 1. The number of rotatable bonds is 8. The molecule has 1 aromatic carbocycles. The van der Waals surface area contributed by atoms with Gasteiger partial charge in [-0.15, -0.1) is 0 Å². The van der Waals surface area contributed by atoms with E-state index in [0.29, 0.717) is 29.6 Å². The van der Waals surface area contributed by atoms with Crippen molar-refractivity contribution in [3.05, 3.63) is 47.5 Å². The average molecular weight is 341 g/mol. The van der Waals surface area contributed by atoms with Gasteiger partial charge in [-0.2, -0.15) is 10.1 Å². The number of nitrogens with zero attached hydrogens (tertiary/aromatic N) is 4. The highest BCUT2D eigenvalue weighted by Gasteiger charge is 2.15. The molecule has 3 rings (SSSR count). The van der Waals surface area contributed by atoms with Crippen LogP contribution in [0, 0.1) is 6.92 Å². The first kappa shape index (κ1) is 17.2. The minimum absolute atomic E-state index is 0.0240. The van der Waals surface area contributed by atoms with Crippen LogP contribution >= 0.6 is 0 Å². The van der Waals surface area contributed by atoms with Gasteiger partial charge in [0, 0.05) is 6.42 Å². The number of nitrogen functional groups attached to an aromatic ring is 1. The minimum Gasteiger partial charge on any atom is -0.394 e. The highest BCUT2D eigenvalue weighted by molar-refractivity contribution is 5.67. The quantitative estimate of drug-likeness (QED) is 0.610. The van der Waals surface area contributed by atoms with Gasteiger partial charge in [0.15, 0.2) is 0 Å². The molecule has 0 amide bonds. The maximum Gasteiger partial charge on any atom is 0.226 e. The lowest BCUT2D eigenvalue weighted by atomic mass is 10.1. The van der Waals surface area contributed by atoms with E-state index in [1.807, 2.05) is 0 Å². The van der Waals surface area contributed by atoms with Gasteiger partial charge in [0.25, 0.3) is 0 Å². The molecule has 0 fully saturated rings. The van der Waals surface area contributed by atoms with Crippen LogP contribution < -0.4 is 5.73 Å². The van der Waals surface area contributed by atoms with Crippen molar-refractivity contribution in [1.82, 2.24) is 19.9 Å². The summed E-state index contributed by atoms with van der Waals surface area (Å²) in [5.41, 5.74) is 9.25. The molecule has 132 valence electrons. The summed E-state index contributed by atoms with van der Waals surface area (Å²) in [5.74, 6) is 1.48. The van der Waals surface area contributed by atoms with Gasteiger partial charge >= 0.3 is 0 Å². The normalized spacial score (nSPS) is 11.1. The van der Waals surface area contributed by atoms with Crippen LogP contribution in [0.25, 0.3) is 11.4 Å². The first-order chi connectivity index (χ1) is 12.2. The van der Waals surface area contributed by atoms with E-state index in [1.165, 1.54) is 15.8 Å². The fourth-order valence-corrected chi connectivity index (χ4v) is 2.67. The summed E-state index contributed by atoms with van der Waals surface area (Å²) in [5, 5.41) is 17.1. The Labute approximate surface area is 146 Å². The largest absolute Gasteiger partial charge is 0.394 e. The molecule has 7 nitrogen and oxygen atoms in total. The second-order valence-corrected chi connectivity index (χ2v) is 6.09. The summed E-state index contributed by atoms with van der Waals surface area (Å²) in [7, 11) is 0. The van der Waals surface area contributed by atoms with Gasteiger partial charge in [0.2, 0.25) is 11.7 Å². The maximum atomic E-state index is 8.98. The number of aromatic nitrogens is 4. The van der Waals surface area contributed by atoms with E-state index in [0.717, 1.165) is 25.7 Å². The smallest absolute Gasteiger partial charge is 0.226 e. The van der Waals surface area contributed by atoms with E-state index in [2.05, 4.69) is 46.4 Å². The molecule has 25 heavy (non-hydrogen) atoms. The van der Waals surface area contributed by atoms with Crippen LogP contribution in [0.1, 0.15) is 29.9 Å². The fourth-order valence-electron chi connectivity index (χ4n) is 2.67. The van der Waals surface area contributed by atoms with E-state index in [-0.39, 0.29) is 6.61 Å². The Morgan fingerprint density at radius 2 is 1.92 bits per heavy atom. The summed E-state index contributed by atoms with van der Waals surface area (Å²) >= 11 is 0. The molecular weight excluding hydrogens is 318 g/mol. The molecule has 0 aliphatic heterocycles. The molecule has 0 aliphatic carbocycles. The van der Waals surface area contributed by atoms with Crippen molar-refractivity contribution in [2.45, 2.75) is 39.2 Å². The molecule has 2 heterocycles. The number of aliphatic hydroxyl groups is 1. The first-order valence-corrected chi connectivity index (χ1v) is 8.48. The van der Waals surface area contributed by atoms with Gasteiger partial charge in [-0.25, -0.2) is 4.68 Å². The van der Waals surface area contributed by atoms with E-state index in [9.17, 15) is 0 Å². The van der Waals surface area contributed by atoms with Crippen molar-refractivity contribution in [1.29, 1.82) is 0 Å². The molecule has 3 N–H and O–H groups in total. The molecule has 0 aliphatic rings. The van der Waals surface area contributed by atoms with Gasteiger partial charge in [-0.3, -0.25) is 0 Å². The van der Waals surface area contributed by atoms with Gasteiger partial charge in [0.1, 0.15) is 5.82 Å². The lowest BCUT2D eigenvalue weighted by molar-refractivity contribution is 0.270. The van der Waals surface area contributed by atoms with Gasteiger partial charge < -0.3 is 15.4 Å². The zero-order valence-electron chi connectivity index (χ0n) is 14.4. The van der Waals surface area contributed by atoms with Crippen molar-refractivity contribution >= 4 is 5.82 Å². The summed E-state index contributed by atoms with van der Waals surface area (Å²) in [4.78, 5) is 4.40. The van der Waals surface area contributed by atoms with Crippen LogP contribution in [0.4, 0.5) is 5.82 Å². The highest BCUT2D eigenvalue weighted by Crippen LogP contribution is 2.23. The lowest BCUT2D eigenvalue weighted by Crippen LogP contribution is -2.07. The number of hydrogen-bond donors (Lipinski definition) is 2. The Balaban J connectivity index is 1.52. The molecule has 0 bridgehead atoms. The molecule has 0 radical (unpaired) electrons. The maximum absolute atomic E-state index is 8.98. The first-order valence-electron chi connectivity index (χ1n) is 8.48. The van der Waals surface area contributed by atoms with Crippen LogP contribution in [0.15, 0.2) is 35.0 Å². The van der Waals surface area contributed by atoms with Crippen molar-refractivity contribution in [2.24, 2.45) is 0 Å². The van der Waals surface area contributed by atoms with Crippen molar-refractivity contribution in [2.75, 3.05) is 12.3 Å². The van der Waals surface area contributed by atoms with Crippen LogP contribution in [0.2, 0.25) is 0 Å². The molecule has 0 unspecified atom stereocenters. The van der Waals surface area contributed by atoms with Gasteiger partial charge in [-0.1, -0.05) is 35.0 Å². The Morgan fingerprint density at radius 3 is 2.68 bits per heavy atom. The van der Waals surface area contributed by atoms with E-state index >= 15 is 0 Å². The second kappa shape index (κ2) is 7.94. The zero-order valence-corrected chi connectivity index (χ0v) is 14.4. The molecule has 7 heteroatoms. The molecule has 0 atom stereocenters. The highest BCUT2D eigenvalue weighted by atomic mass is 16.5. The number of benzene rings is 1. The standard InChI is InChI=1S/C18H23N5O2/c1-13-6-8-14(9-7-13)4-2-3-5-16-21-18(22-25-16)15-12-20-23(10-11-24)17(15)19/h6-9,12,24H,2-5,10-11,19H2,1H3. The predicted octanol–water partition coefficient (Wildman–Crippen LogP) is 2.38. The number of nitrogens with two attached hydrogens (primary N) is 1. The van der Waals surface area contributed by atoms with Gasteiger partial charge in [-0.05, 0) is 31.7 Å². The molecule has 0 saturated heterocycles. The number of aryl methyl sites for hydroxylation is 3. The number of anilines is 1. The zero-order chi connectivity index (χ0) is 17.6. The Hall–Kier alpha value is -2.67. The molecule has 0 spiro atoms. The van der Waals surface area contributed by atoms with E-state index < -0.39 is 0 Å². The molecular formula is C18H23N5O2. The molecule has 0 saturated carbocycles. The van der Waals surface area contributed by atoms with Gasteiger partial charge in [0.05, 0.1) is 24.9 Å². The lowest BCUT2D eigenvalue weighted by Gasteiger charge is -2.01. The predicted molar refractivity (Wildman–Crippen MR) is 94.8 cm³/mol. The van der Waals surface area contributed by atoms with E-state index in [1.54, 1.807) is 6.20 Å². The third kappa shape index (κ3) is 4.24. The Morgan fingerprint density at radius 1 is 1.16 bits per heavy atom. The van der Waals surface area contributed by atoms with Crippen LogP contribution in [0.5, 0.6) is 0 Å². The SMILES string of the molecule is Cc1ccc(CCCCc2nc(-c3cnn(CCO)c3N)no2)cc1. The summed E-state index contributed by atoms with van der Waals surface area (Å²) in [6.45, 7) is 2.41. The third-order valence-electron chi connectivity index (χ3n) is 4.13. The Kier molecular flexibility index (Phi) is 5.45. The van der Waals surface area contributed by atoms with Crippen LogP contribution in [-0.4, -0.2) is 31.6 Å². The topological polar surface area (TPSA) is 103 Å². The number of aliphatic hydroxyl groups excluding tert-OH is 1. The van der Waals surface area contributed by atoms with Crippen molar-refractivity contribution < 1.29 is 9.63 Å². The third-order valence-corrected chi connectivity index (χ3v) is 4.13. The average Bonchev–Trinajstić information content (AvgIpc) is 3.21. The minimum atomic E-state index is -0.0240. The second-order valence-electron chi connectivity index (χ2n) is 6.09. The van der Waals surface area contributed by atoms with Crippen molar-refractivity contribution in [3.63, 3.8) is 0 Å². The number of hydrogen-bond acceptors (Lipinski definition) is 6. The summed E-state index contributed by atoms with van der Waals surface area (Å²) in [6.07, 6.45) is 5.43. The fraction of sp³-hybridized carbons (Fsp3) is 0.389. The van der Waals surface area contributed by atoms with Crippen LogP contribution in [-0.2, 0) is 19.4 Å². The Bertz CT molecular complexity index is 807. The van der Waals surface area contributed by atoms with Crippen LogP contribution in [0.3, 0.4) is 0 Å². The molecule has 2 aromatic heterocycles.